The Morgan fingerprint density at radius 2 is 2.11 bits per heavy atom. The number of carboxylic acid groups (broad SMARTS) is 1. The van der Waals surface area contributed by atoms with Gasteiger partial charge in [-0.05, 0) is 53.1 Å². The molecule has 0 aliphatic rings. The Hall–Kier alpha value is -1.15. The van der Waals surface area contributed by atoms with E-state index in [1.807, 2.05) is 0 Å². The Bertz CT molecular complexity index is 472. The third kappa shape index (κ3) is 4.79. The van der Waals surface area contributed by atoms with E-state index in [4.69, 9.17) is 9.84 Å². The van der Waals surface area contributed by atoms with Gasteiger partial charge in [-0.3, -0.25) is 4.79 Å². The molecular formula is C13H15IO5. The van der Waals surface area contributed by atoms with Gasteiger partial charge >= 0.3 is 11.9 Å². The lowest BCUT2D eigenvalue weighted by Gasteiger charge is -2.09. The van der Waals surface area contributed by atoms with Gasteiger partial charge in [0, 0.05) is 9.99 Å². The number of aliphatic carboxylic acids is 1. The van der Waals surface area contributed by atoms with Crippen molar-refractivity contribution in [2.45, 2.75) is 25.9 Å². The summed E-state index contributed by atoms with van der Waals surface area (Å²) in [6.45, 7) is 2.11. The normalized spacial score (nSPS) is 11.9. The molecule has 0 bridgehead atoms. The van der Waals surface area contributed by atoms with Crippen LogP contribution < -0.4 is 0 Å². The van der Waals surface area contributed by atoms with E-state index in [1.54, 1.807) is 25.1 Å². The highest BCUT2D eigenvalue weighted by Gasteiger charge is 2.17. The Balaban J connectivity index is 2.72. The second-order valence-electron chi connectivity index (χ2n) is 3.90. The van der Waals surface area contributed by atoms with E-state index < -0.39 is 12.1 Å². The van der Waals surface area contributed by atoms with E-state index >= 15 is 0 Å². The second kappa shape index (κ2) is 7.44. The number of hydrogen-bond acceptors (Lipinski definition) is 4. The van der Waals surface area contributed by atoms with Crippen molar-refractivity contribution in [1.82, 2.24) is 0 Å². The zero-order valence-electron chi connectivity index (χ0n) is 10.4. The lowest BCUT2D eigenvalue weighted by atomic mass is 10.0. The van der Waals surface area contributed by atoms with Gasteiger partial charge in [0.15, 0.2) is 6.10 Å². The third-order valence-corrected chi connectivity index (χ3v) is 3.53. The van der Waals surface area contributed by atoms with Crippen molar-refractivity contribution >= 4 is 34.5 Å². The van der Waals surface area contributed by atoms with Crippen LogP contribution in [0.3, 0.4) is 0 Å². The van der Waals surface area contributed by atoms with Crippen LogP contribution >= 0.6 is 22.6 Å². The van der Waals surface area contributed by atoms with Crippen LogP contribution in [-0.2, 0) is 20.7 Å². The fourth-order valence-electron chi connectivity index (χ4n) is 1.55. The van der Waals surface area contributed by atoms with Crippen LogP contribution in [0.2, 0.25) is 0 Å². The van der Waals surface area contributed by atoms with E-state index in [0.29, 0.717) is 18.6 Å². The zero-order chi connectivity index (χ0) is 14.4. The molecule has 0 saturated carbocycles. The Morgan fingerprint density at radius 1 is 1.42 bits per heavy atom. The van der Waals surface area contributed by atoms with Crippen molar-refractivity contribution in [3.05, 3.63) is 32.9 Å². The molecule has 0 spiro atoms. The molecule has 1 atom stereocenters. The van der Waals surface area contributed by atoms with Crippen molar-refractivity contribution in [3.63, 3.8) is 0 Å². The summed E-state index contributed by atoms with van der Waals surface area (Å²) in [5.41, 5.74) is 1.26. The number of carbonyl (C=O) groups is 2. The van der Waals surface area contributed by atoms with Gasteiger partial charge in [0.2, 0.25) is 0 Å². The van der Waals surface area contributed by atoms with Crippen LogP contribution in [-0.4, -0.2) is 28.8 Å². The second-order valence-corrected chi connectivity index (χ2v) is 5.06. The molecule has 1 aromatic rings. The summed E-state index contributed by atoms with van der Waals surface area (Å²) in [6, 6.07) is 4.89. The Labute approximate surface area is 124 Å². The average molecular weight is 378 g/mol. The highest BCUT2D eigenvalue weighted by atomic mass is 127. The lowest BCUT2D eigenvalue weighted by Crippen LogP contribution is -2.11. The summed E-state index contributed by atoms with van der Waals surface area (Å²) in [6.07, 6.45) is -0.710. The molecule has 1 aromatic carbocycles. The molecule has 2 N–H and O–H groups in total. The van der Waals surface area contributed by atoms with Crippen LogP contribution in [0.25, 0.3) is 0 Å². The fraction of sp³-hybridized carbons (Fsp3) is 0.385. The summed E-state index contributed by atoms with van der Waals surface area (Å²) in [5.74, 6) is -1.54. The summed E-state index contributed by atoms with van der Waals surface area (Å²) in [7, 11) is 0. The Kier molecular flexibility index (Phi) is 6.23. The number of carboxylic acids is 1. The first-order valence-corrected chi connectivity index (χ1v) is 6.88. The molecule has 0 heterocycles. The van der Waals surface area contributed by atoms with Gasteiger partial charge in [-0.15, -0.1) is 0 Å². The molecule has 0 amide bonds. The molecule has 0 aliphatic heterocycles. The van der Waals surface area contributed by atoms with Gasteiger partial charge < -0.3 is 14.9 Å². The van der Waals surface area contributed by atoms with Crippen LogP contribution in [0.1, 0.15) is 30.6 Å². The van der Waals surface area contributed by atoms with Crippen molar-refractivity contribution in [3.8, 4) is 0 Å². The topological polar surface area (TPSA) is 83.8 Å². The first-order chi connectivity index (χ1) is 8.95. The lowest BCUT2D eigenvalue weighted by molar-refractivity contribution is -0.147. The van der Waals surface area contributed by atoms with E-state index in [0.717, 1.165) is 9.13 Å². The summed E-state index contributed by atoms with van der Waals surface area (Å²) >= 11 is 2.05. The first-order valence-electron chi connectivity index (χ1n) is 5.80. The quantitative estimate of drug-likeness (QED) is 0.584. The SMILES string of the molecule is CCOC(=O)CCc1ccc(C(O)C(=O)O)cc1I. The third-order valence-electron chi connectivity index (χ3n) is 2.53. The molecule has 0 radical (unpaired) electrons. The molecule has 0 aliphatic carbocycles. The maximum absolute atomic E-state index is 11.2. The number of esters is 1. The highest BCUT2D eigenvalue weighted by molar-refractivity contribution is 14.1. The van der Waals surface area contributed by atoms with E-state index in [9.17, 15) is 14.7 Å². The highest BCUT2D eigenvalue weighted by Crippen LogP contribution is 2.21. The molecular weight excluding hydrogens is 363 g/mol. The number of aliphatic hydroxyl groups excluding tert-OH is 1. The largest absolute Gasteiger partial charge is 0.479 e. The van der Waals surface area contributed by atoms with Crippen LogP contribution in [0.5, 0.6) is 0 Å². The zero-order valence-corrected chi connectivity index (χ0v) is 12.6. The number of benzene rings is 1. The van der Waals surface area contributed by atoms with Gasteiger partial charge in [-0.25, -0.2) is 4.79 Å². The monoisotopic (exact) mass is 378 g/mol. The molecule has 1 unspecified atom stereocenters. The molecule has 5 nitrogen and oxygen atoms in total. The van der Waals surface area contributed by atoms with Gasteiger partial charge in [0.25, 0.3) is 0 Å². The van der Waals surface area contributed by atoms with E-state index in [-0.39, 0.29) is 12.4 Å². The summed E-state index contributed by atoms with van der Waals surface area (Å²) < 4.78 is 5.66. The van der Waals surface area contributed by atoms with Gasteiger partial charge in [-0.2, -0.15) is 0 Å². The smallest absolute Gasteiger partial charge is 0.337 e. The van der Waals surface area contributed by atoms with E-state index in [1.165, 1.54) is 0 Å². The minimum Gasteiger partial charge on any atom is -0.479 e. The predicted molar refractivity (Wildman–Crippen MR) is 76.7 cm³/mol. The van der Waals surface area contributed by atoms with Crippen molar-refractivity contribution in [2.75, 3.05) is 6.61 Å². The molecule has 19 heavy (non-hydrogen) atoms. The summed E-state index contributed by atoms with van der Waals surface area (Å²) in [4.78, 5) is 21.9. The fourth-order valence-corrected chi connectivity index (χ4v) is 2.36. The predicted octanol–water partition coefficient (Wildman–Crippen LogP) is 1.90. The van der Waals surface area contributed by atoms with Crippen LogP contribution in [0.15, 0.2) is 18.2 Å². The molecule has 1 rings (SSSR count). The Morgan fingerprint density at radius 3 is 2.63 bits per heavy atom. The maximum Gasteiger partial charge on any atom is 0.337 e. The van der Waals surface area contributed by atoms with Crippen LogP contribution in [0.4, 0.5) is 0 Å². The van der Waals surface area contributed by atoms with Crippen molar-refractivity contribution in [2.24, 2.45) is 0 Å². The standard InChI is InChI=1S/C13H15IO5/c1-2-19-11(15)6-5-8-3-4-9(7-10(8)14)12(16)13(17)18/h3-4,7,12,16H,2,5-6H2,1H3,(H,17,18). The van der Waals surface area contributed by atoms with Gasteiger partial charge in [0.05, 0.1) is 6.61 Å². The number of ether oxygens (including phenoxy) is 1. The maximum atomic E-state index is 11.2. The van der Waals surface area contributed by atoms with E-state index in [2.05, 4.69) is 22.6 Å². The summed E-state index contributed by atoms with van der Waals surface area (Å²) in [5, 5.41) is 18.1. The van der Waals surface area contributed by atoms with Gasteiger partial charge in [-0.1, -0.05) is 12.1 Å². The van der Waals surface area contributed by atoms with Crippen molar-refractivity contribution in [1.29, 1.82) is 0 Å². The minimum absolute atomic E-state index is 0.257. The first kappa shape index (κ1) is 15.9. The molecule has 0 saturated heterocycles. The number of carbonyl (C=O) groups excluding carboxylic acids is 1. The molecule has 6 heteroatoms. The average Bonchev–Trinajstić information content (AvgIpc) is 2.36. The van der Waals surface area contributed by atoms with Crippen LogP contribution in [0, 0.1) is 3.57 Å². The molecule has 104 valence electrons. The number of halogens is 1. The number of aliphatic hydroxyl groups is 1. The molecule has 0 aromatic heterocycles. The number of hydrogen-bond donors (Lipinski definition) is 2. The van der Waals surface area contributed by atoms with Gasteiger partial charge in [0.1, 0.15) is 0 Å². The molecule has 0 fully saturated rings. The minimum atomic E-state index is -1.52. The van der Waals surface area contributed by atoms with Crippen molar-refractivity contribution < 1.29 is 24.5 Å². The number of rotatable bonds is 6. The number of aryl methyl sites for hydroxylation is 1.